The van der Waals surface area contributed by atoms with Gasteiger partial charge in [0.25, 0.3) is 0 Å². The first-order chi connectivity index (χ1) is 10.3. The Bertz CT molecular complexity index is 656. The third kappa shape index (κ3) is 2.73. The highest BCUT2D eigenvalue weighted by Gasteiger charge is 2.25. The number of benzene rings is 1. The SMILES string of the molecule is CCNCc1cccnc1N1CC(=O)Nc2ccccc21. The van der Waals surface area contributed by atoms with E-state index >= 15 is 0 Å². The molecule has 2 heterocycles. The quantitative estimate of drug-likeness (QED) is 0.903. The van der Waals surface area contributed by atoms with E-state index in [2.05, 4.69) is 22.5 Å². The maximum absolute atomic E-state index is 11.9. The van der Waals surface area contributed by atoms with Crippen molar-refractivity contribution in [2.75, 3.05) is 23.3 Å². The van der Waals surface area contributed by atoms with Gasteiger partial charge in [-0.1, -0.05) is 25.1 Å². The van der Waals surface area contributed by atoms with Gasteiger partial charge in [0.2, 0.25) is 5.91 Å². The molecule has 21 heavy (non-hydrogen) atoms. The van der Waals surface area contributed by atoms with Crippen LogP contribution in [0.4, 0.5) is 17.2 Å². The van der Waals surface area contributed by atoms with Gasteiger partial charge in [-0.05, 0) is 24.7 Å². The van der Waals surface area contributed by atoms with Crippen LogP contribution < -0.4 is 15.5 Å². The number of rotatable bonds is 4. The number of anilines is 3. The average molecular weight is 282 g/mol. The molecule has 1 amide bonds. The molecule has 5 nitrogen and oxygen atoms in total. The third-order valence-electron chi connectivity index (χ3n) is 3.46. The number of hydrogen-bond acceptors (Lipinski definition) is 4. The van der Waals surface area contributed by atoms with E-state index in [4.69, 9.17) is 0 Å². The van der Waals surface area contributed by atoms with Gasteiger partial charge in [0.15, 0.2) is 0 Å². The summed E-state index contributed by atoms with van der Waals surface area (Å²) in [6.45, 7) is 3.98. The molecule has 2 N–H and O–H groups in total. The smallest absolute Gasteiger partial charge is 0.244 e. The summed E-state index contributed by atoms with van der Waals surface area (Å²) in [6, 6.07) is 11.8. The topological polar surface area (TPSA) is 57.3 Å². The van der Waals surface area contributed by atoms with E-state index < -0.39 is 0 Å². The molecule has 0 unspecified atom stereocenters. The fourth-order valence-electron chi connectivity index (χ4n) is 2.49. The van der Waals surface area contributed by atoms with Gasteiger partial charge in [-0.25, -0.2) is 4.98 Å². The molecule has 0 saturated heterocycles. The van der Waals surface area contributed by atoms with Crippen molar-refractivity contribution in [1.29, 1.82) is 0 Å². The largest absolute Gasteiger partial charge is 0.323 e. The van der Waals surface area contributed by atoms with Crippen molar-refractivity contribution in [1.82, 2.24) is 10.3 Å². The molecular weight excluding hydrogens is 264 g/mol. The molecule has 0 aliphatic carbocycles. The fourth-order valence-corrected chi connectivity index (χ4v) is 2.49. The lowest BCUT2D eigenvalue weighted by Crippen LogP contribution is -2.36. The normalized spacial score (nSPS) is 13.8. The number of pyridine rings is 1. The third-order valence-corrected chi connectivity index (χ3v) is 3.46. The molecule has 0 atom stereocenters. The van der Waals surface area contributed by atoms with Crippen LogP contribution in [-0.4, -0.2) is 24.0 Å². The molecule has 5 heteroatoms. The second kappa shape index (κ2) is 5.93. The van der Waals surface area contributed by atoms with E-state index in [9.17, 15) is 4.79 Å². The van der Waals surface area contributed by atoms with Crippen LogP contribution in [0.1, 0.15) is 12.5 Å². The van der Waals surface area contributed by atoms with Crippen LogP contribution >= 0.6 is 0 Å². The van der Waals surface area contributed by atoms with Crippen LogP contribution in [-0.2, 0) is 11.3 Å². The molecule has 0 radical (unpaired) electrons. The Balaban J connectivity index is 2.02. The molecule has 0 spiro atoms. The highest BCUT2D eigenvalue weighted by Crippen LogP contribution is 2.35. The highest BCUT2D eigenvalue weighted by molar-refractivity contribution is 6.03. The van der Waals surface area contributed by atoms with Gasteiger partial charge >= 0.3 is 0 Å². The first-order valence-electron chi connectivity index (χ1n) is 7.10. The summed E-state index contributed by atoms with van der Waals surface area (Å²) in [4.78, 5) is 18.4. The van der Waals surface area contributed by atoms with Crippen LogP contribution in [0.15, 0.2) is 42.6 Å². The first-order valence-corrected chi connectivity index (χ1v) is 7.10. The molecule has 3 rings (SSSR count). The molecule has 1 aromatic heterocycles. The Morgan fingerprint density at radius 3 is 3.00 bits per heavy atom. The standard InChI is InChI=1S/C16H18N4O/c1-2-17-10-12-6-5-9-18-16(12)20-11-15(21)19-13-7-3-4-8-14(13)20/h3-9,17H,2,10-11H2,1H3,(H,19,21). The summed E-state index contributed by atoms with van der Waals surface area (Å²) in [7, 11) is 0. The number of fused-ring (bicyclic) bond motifs is 1. The Morgan fingerprint density at radius 2 is 2.14 bits per heavy atom. The summed E-state index contributed by atoms with van der Waals surface area (Å²) in [5.41, 5.74) is 2.89. The minimum absolute atomic E-state index is 0.0197. The molecule has 2 aromatic rings. The van der Waals surface area contributed by atoms with Gasteiger partial charge in [0.05, 0.1) is 11.4 Å². The Morgan fingerprint density at radius 1 is 1.29 bits per heavy atom. The van der Waals surface area contributed by atoms with Crippen molar-refractivity contribution in [3.63, 3.8) is 0 Å². The van der Waals surface area contributed by atoms with Crippen LogP contribution in [0.2, 0.25) is 0 Å². The minimum Gasteiger partial charge on any atom is -0.323 e. The predicted molar refractivity (Wildman–Crippen MR) is 83.7 cm³/mol. The van der Waals surface area contributed by atoms with Crippen LogP contribution in [0.25, 0.3) is 0 Å². The van der Waals surface area contributed by atoms with Crippen molar-refractivity contribution in [2.24, 2.45) is 0 Å². The highest BCUT2D eigenvalue weighted by atomic mass is 16.2. The zero-order valence-electron chi connectivity index (χ0n) is 12.0. The Labute approximate surface area is 124 Å². The Hall–Kier alpha value is -2.40. The summed E-state index contributed by atoms with van der Waals surface area (Å²) >= 11 is 0. The number of carbonyl (C=O) groups is 1. The Kier molecular flexibility index (Phi) is 3.83. The van der Waals surface area contributed by atoms with Gasteiger partial charge in [0, 0.05) is 18.3 Å². The average Bonchev–Trinajstić information content (AvgIpc) is 2.52. The number of amides is 1. The zero-order chi connectivity index (χ0) is 14.7. The number of hydrogen-bond donors (Lipinski definition) is 2. The maximum atomic E-state index is 11.9. The maximum Gasteiger partial charge on any atom is 0.244 e. The van der Waals surface area contributed by atoms with Crippen molar-refractivity contribution >= 4 is 23.1 Å². The van der Waals surface area contributed by atoms with Gasteiger partial charge in [-0.2, -0.15) is 0 Å². The molecule has 0 fully saturated rings. The van der Waals surface area contributed by atoms with Gasteiger partial charge in [-0.3, -0.25) is 4.79 Å². The lowest BCUT2D eigenvalue weighted by molar-refractivity contribution is -0.115. The lowest BCUT2D eigenvalue weighted by Gasteiger charge is -2.31. The zero-order valence-corrected chi connectivity index (χ0v) is 12.0. The van der Waals surface area contributed by atoms with E-state index in [0.29, 0.717) is 0 Å². The second-order valence-electron chi connectivity index (χ2n) is 4.92. The van der Waals surface area contributed by atoms with E-state index in [1.54, 1.807) is 6.20 Å². The summed E-state index contributed by atoms with van der Waals surface area (Å²) in [5.74, 6) is 0.814. The van der Waals surface area contributed by atoms with Crippen molar-refractivity contribution < 1.29 is 4.79 Å². The predicted octanol–water partition coefficient (Wildman–Crippen LogP) is 2.28. The second-order valence-corrected chi connectivity index (χ2v) is 4.92. The lowest BCUT2D eigenvalue weighted by atomic mass is 10.1. The van der Waals surface area contributed by atoms with Crippen LogP contribution in [0, 0.1) is 0 Å². The van der Waals surface area contributed by atoms with Crippen molar-refractivity contribution in [3.05, 3.63) is 48.2 Å². The fraction of sp³-hybridized carbons (Fsp3) is 0.250. The van der Waals surface area contributed by atoms with Crippen LogP contribution in [0.3, 0.4) is 0 Å². The molecule has 1 aliphatic heterocycles. The molecule has 0 bridgehead atoms. The monoisotopic (exact) mass is 282 g/mol. The van der Waals surface area contributed by atoms with Crippen molar-refractivity contribution in [3.8, 4) is 0 Å². The number of carbonyl (C=O) groups excluding carboxylic acids is 1. The van der Waals surface area contributed by atoms with Crippen molar-refractivity contribution in [2.45, 2.75) is 13.5 Å². The van der Waals surface area contributed by atoms with Gasteiger partial charge < -0.3 is 15.5 Å². The van der Waals surface area contributed by atoms with Crippen LogP contribution in [0.5, 0.6) is 0 Å². The molecule has 0 saturated carbocycles. The number of para-hydroxylation sites is 2. The van der Waals surface area contributed by atoms with Gasteiger partial charge in [-0.15, -0.1) is 0 Å². The number of nitrogens with zero attached hydrogens (tertiary/aromatic N) is 2. The summed E-state index contributed by atoms with van der Waals surface area (Å²) in [6.07, 6.45) is 1.76. The summed E-state index contributed by atoms with van der Waals surface area (Å²) < 4.78 is 0. The summed E-state index contributed by atoms with van der Waals surface area (Å²) in [5, 5.41) is 6.21. The number of nitrogens with one attached hydrogen (secondary N) is 2. The number of aromatic nitrogens is 1. The van der Waals surface area contributed by atoms with E-state index in [1.165, 1.54) is 0 Å². The van der Waals surface area contributed by atoms with Gasteiger partial charge in [0.1, 0.15) is 12.4 Å². The molecule has 108 valence electrons. The minimum atomic E-state index is -0.0197. The van der Waals surface area contributed by atoms with E-state index in [0.717, 1.165) is 35.8 Å². The molecular formula is C16H18N4O. The van der Waals surface area contributed by atoms with E-state index in [-0.39, 0.29) is 12.5 Å². The van der Waals surface area contributed by atoms with E-state index in [1.807, 2.05) is 41.3 Å². The first kappa shape index (κ1) is 13.6. The molecule has 1 aliphatic rings. The molecule has 1 aromatic carbocycles.